The van der Waals surface area contributed by atoms with Gasteiger partial charge < -0.3 is 16.2 Å². The van der Waals surface area contributed by atoms with Crippen LogP contribution in [-0.4, -0.2) is 23.0 Å². The van der Waals surface area contributed by atoms with E-state index in [0.29, 0.717) is 11.3 Å². The van der Waals surface area contributed by atoms with Crippen LogP contribution in [-0.2, 0) is 9.59 Å². The number of nitrogens with two attached hydrogens (primary N) is 1. The smallest absolute Gasteiger partial charge is 0.331 e. The summed E-state index contributed by atoms with van der Waals surface area (Å²) >= 11 is 1.32. The standard InChI is InChI=1S/C13H18N2O3S/c1-13(6-2-5-9(13)14)12(18)15-10(11(16)17)8-4-3-7-19-8/h3-4,7,9-10H,2,5-6,14H2,1H3,(H,15,18)(H,16,17). The lowest BCUT2D eigenvalue weighted by molar-refractivity contribution is -0.144. The van der Waals surface area contributed by atoms with E-state index >= 15 is 0 Å². The largest absolute Gasteiger partial charge is 0.479 e. The summed E-state index contributed by atoms with van der Waals surface area (Å²) in [5, 5.41) is 13.7. The summed E-state index contributed by atoms with van der Waals surface area (Å²) in [6.45, 7) is 1.81. The number of carbonyl (C=O) groups excluding carboxylic acids is 1. The highest BCUT2D eigenvalue weighted by molar-refractivity contribution is 7.10. The summed E-state index contributed by atoms with van der Waals surface area (Å²) in [6, 6.07) is 2.29. The molecule has 0 saturated heterocycles. The van der Waals surface area contributed by atoms with Crippen molar-refractivity contribution < 1.29 is 14.7 Å². The van der Waals surface area contributed by atoms with Crippen LogP contribution in [0.3, 0.4) is 0 Å². The molecule has 5 nitrogen and oxygen atoms in total. The molecule has 1 saturated carbocycles. The maximum absolute atomic E-state index is 12.3. The van der Waals surface area contributed by atoms with Crippen molar-refractivity contribution in [1.82, 2.24) is 5.32 Å². The molecule has 1 aliphatic carbocycles. The average molecular weight is 282 g/mol. The minimum atomic E-state index is -1.05. The summed E-state index contributed by atoms with van der Waals surface area (Å²) in [5.74, 6) is -1.32. The maximum atomic E-state index is 12.3. The zero-order valence-electron chi connectivity index (χ0n) is 10.8. The molecule has 0 bridgehead atoms. The van der Waals surface area contributed by atoms with Crippen molar-refractivity contribution in [1.29, 1.82) is 0 Å². The molecule has 3 atom stereocenters. The highest BCUT2D eigenvalue weighted by Crippen LogP contribution is 2.37. The monoisotopic (exact) mass is 282 g/mol. The number of carboxylic acids is 1. The Morgan fingerprint density at radius 1 is 1.63 bits per heavy atom. The molecular formula is C13H18N2O3S. The maximum Gasteiger partial charge on any atom is 0.331 e. The van der Waals surface area contributed by atoms with Crippen molar-refractivity contribution in [3.05, 3.63) is 22.4 Å². The molecule has 1 aromatic rings. The van der Waals surface area contributed by atoms with Crippen LogP contribution in [0.2, 0.25) is 0 Å². The molecule has 0 aromatic carbocycles. The number of thiophene rings is 1. The van der Waals surface area contributed by atoms with Crippen LogP contribution in [0.4, 0.5) is 0 Å². The fourth-order valence-corrected chi connectivity index (χ4v) is 3.25. The Kier molecular flexibility index (Phi) is 3.91. The van der Waals surface area contributed by atoms with Crippen LogP contribution < -0.4 is 11.1 Å². The SMILES string of the molecule is CC1(C(=O)NC(C(=O)O)c2cccs2)CCCC1N. The first-order chi connectivity index (χ1) is 8.95. The molecule has 0 spiro atoms. The van der Waals surface area contributed by atoms with Gasteiger partial charge in [-0.05, 0) is 31.2 Å². The summed E-state index contributed by atoms with van der Waals surface area (Å²) in [6.07, 6.45) is 2.42. The van der Waals surface area contributed by atoms with Crippen molar-refractivity contribution in [2.75, 3.05) is 0 Å². The average Bonchev–Trinajstić information content (AvgIpc) is 2.97. The normalized spacial score (nSPS) is 28.0. The van der Waals surface area contributed by atoms with Crippen LogP contribution in [0.25, 0.3) is 0 Å². The lowest BCUT2D eigenvalue weighted by Gasteiger charge is -2.29. The number of carboxylic acid groups (broad SMARTS) is 1. The third kappa shape index (κ3) is 2.64. The Morgan fingerprint density at radius 3 is 2.84 bits per heavy atom. The predicted octanol–water partition coefficient (Wildman–Crippen LogP) is 1.51. The zero-order valence-corrected chi connectivity index (χ0v) is 11.6. The van der Waals surface area contributed by atoms with E-state index in [0.717, 1.165) is 12.8 Å². The van der Waals surface area contributed by atoms with Crippen molar-refractivity contribution in [3.8, 4) is 0 Å². The van der Waals surface area contributed by atoms with Crippen LogP contribution in [0.1, 0.15) is 37.1 Å². The molecule has 1 aromatic heterocycles. The van der Waals surface area contributed by atoms with E-state index < -0.39 is 17.4 Å². The van der Waals surface area contributed by atoms with Crippen molar-refractivity contribution in [2.24, 2.45) is 11.1 Å². The fourth-order valence-electron chi connectivity index (χ4n) is 2.48. The molecule has 0 radical (unpaired) electrons. The molecule has 2 rings (SSSR count). The second kappa shape index (κ2) is 5.30. The van der Waals surface area contributed by atoms with Crippen LogP contribution >= 0.6 is 11.3 Å². The molecule has 6 heteroatoms. The highest BCUT2D eigenvalue weighted by Gasteiger charge is 2.44. The molecule has 0 aliphatic heterocycles. The molecule has 1 fully saturated rings. The summed E-state index contributed by atoms with van der Waals surface area (Å²) < 4.78 is 0. The number of hydrogen-bond acceptors (Lipinski definition) is 4. The molecule has 3 unspecified atom stereocenters. The van der Waals surface area contributed by atoms with Crippen molar-refractivity contribution in [2.45, 2.75) is 38.3 Å². The van der Waals surface area contributed by atoms with Gasteiger partial charge in [-0.25, -0.2) is 4.79 Å². The highest BCUT2D eigenvalue weighted by atomic mass is 32.1. The van der Waals surface area contributed by atoms with Gasteiger partial charge in [0.25, 0.3) is 0 Å². The molecule has 1 amide bonds. The van der Waals surface area contributed by atoms with Gasteiger partial charge >= 0.3 is 5.97 Å². The van der Waals surface area contributed by atoms with Gasteiger partial charge in [0, 0.05) is 10.9 Å². The van der Waals surface area contributed by atoms with Gasteiger partial charge in [0.2, 0.25) is 5.91 Å². The van der Waals surface area contributed by atoms with Crippen LogP contribution in [0, 0.1) is 5.41 Å². The fraction of sp³-hybridized carbons (Fsp3) is 0.538. The zero-order chi connectivity index (χ0) is 14.0. The van der Waals surface area contributed by atoms with E-state index in [-0.39, 0.29) is 11.9 Å². The van der Waals surface area contributed by atoms with Crippen LogP contribution in [0.5, 0.6) is 0 Å². The number of hydrogen-bond donors (Lipinski definition) is 3. The summed E-state index contributed by atoms with van der Waals surface area (Å²) in [4.78, 5) is 24.3. The topological polar surface area (TPSA) is 92.4 Å². The van der Waals surface area contributed by atoms with Gasteiger partial charge in [-0.1, -0.05) is 12.5 Å². The predicted molar refractivity (Wildman–Crippen MR) is 72.8 cm³/mol. The Morgan fingerprint density at radius 2 is 2.37 bits per heavy atom. The molecule has 104 valence electrons. The molecular weight excluding hydrogens is 264 g/mol. The van der Waals surface area contributed by atoms with Gasteiger partial charge in [-0.15, -0.1) is 11.3 Å². The number of aliphatic carboxylic acids is 1. The number of amides is 1. The first-order valence-electron chi connectivity index (χ1n) is 6.28. The van der Waals surface area contributed by atoms with Gasteiger partial charge in [-0.3, -0.25) is 4.79 Å². The van der Waals surface area contributed by atoms with Gasteiger partial charge in [0.05, 0.1) is 5.41 Å². The third-order valence-electron chi connectivity index (χ3n) is 3.90. The second-order valence-corrected chi connectivity index (χ2v) is 6.16. The van der Waals surface area contributed by atoms with Crippen LogP contribution in [0.15, 0.2) is 17.5 Å². The summed E-state index contributed by atoms with van der Waals surface area (Å²) in [5.41, 5.74) is 5.32. The van der Waals surface area contributed by atoms with E-state index in [2.05, 4.69) is 5.32 Å². The van der Waals surface area contributed by atoms with Crippen molar-refractivity contribution >= 4 is 23.2 Å². The van der Waals surface area contributed by atoms with E-state index in [1.54, 1.807) is 17.5 Å². The molecule has 1 heterocycles. The Bertz CT molecular complexity index is 474. The van der Waals surface area contributed by atoms with E-state index in [4.69, 9.17) is 5.73 Å². The second-order valence-electron chi connectivity index (χ2n) is 5.18. The first-order valence-corrected chi connectivity index (χ1v) is 7.16. The number of nitrogens with one attached hydrogen (secondary N) is 1. The first kappa shape index (κ1) is 14.0. The molecule has 19 heavy (non-hydrogen) atoms. The number of carbonyl (C=O) groups is 2. The van der Waals surface area contributed by atoms with E-state index in [1.165, 1.54) is 11.3 Å². The lowest BCUT2D eigenvalue weighted by atomic mass is 9.84. The van der Waals surface area contributed by atoms with Gasteiger partial charge in [0.1, 0.15) is 0 Å². The molecule has 4 N–H and O–H groups in total. The van der Waals surface area contributed by atoms with E-state index in [9.17, 15) is 14.7 Å². The minimum absolute atomic E-state index is 0.203. The Balaban J connectivity index is 2.14. The minimum Gasteiger partial charge on any atom is -0.479 e. The Hall–Kier alpha value is -1.40. The molecule has 1 aliphatic rings. The van der Waals surface area contributed by atoms with E-state index in [1.807, 2.05) is 6.92 Å². The summed E-state index contributed by atoms with van der Waals surface area (Å²) in [7, 11) is 0. The number of rotatable bonds is 4. The third-order valence-corrected chi connectivity index (χ3v) is 4.84. The van der Waals surface area contributed by atoms with Gasteiger partial charge in [-0.2, -0.15) is 0 Å². The van der Waals surface area contributed by atoms with Gasteiger partial charge in [0.15, 0.2) is 6.04 Å². The van der Waals surface area contributed by atoms with Crippen molar-refractivity contribution in [3.63, 3.8) is 0 Å². The lowest BCUT2D eigenvalue weighted by Crippen LogP contribution is -2.49. The Labute approximate surface area is 115 Å². The quantitative estimate of drug-likeness (QED) is 0.780.